The summed E-state index contributed by atoms with van der Waals surface area (Å²) < 4.78 is 25.6. The van der Waals surface area contributed by atoms with Crippen LogP contribution in [-0.4, -0.2) is 23.8 Å². The van der Waals surface area contributed by atoms with Crippen LogP contribution in [0.25, 0.3) is 0 Å². The molecule has 0 saturated carbocycles. The lowest BCUT2D eigenvalue weighted by atomic mass is 10.2. The van der Waals surface area contributed by atoms with E-state index in [4.69, 9.17) is 5.41 Å². The molecule has 15 heavy (non-hydrogen) atoms. The van der Waals surface area contributed by atoms with E-state index >= 15 is 0 Å². The zero-order valence-corrected chi connectivity index (χ0v) is 8.85. The van der Waals surface area contributed by atoms with Crippen LogP contribution in [0.15, 0.2) is 18.2 Å². The van der Waals surface area contributed by atoms with Gasteiger partial charge < -0.3 is 4.90 Å². The summed E-state index contributed by atoms with van der Waals surface area (Å²) in [6, 6.07) is 3.51. The SMILES string of the molecule is CCN(CC)C(=N)c1ccc(F)c(F)c1. The normalized spacial score (nSPS) is 10.1. The highest BCUT2D eigenvalue weighted by molar-refractivity contribution is 5.96. The Morgan fingerprint density at radius 3 is 2.27 bits per heavy atom. The molecule has 1 rings (SSSR count). The second-order valence-electron chi connectivity index (χ2n) is 3.15. The van der Waals surface area contributed by atoms with Crippen LogP contribution in [0.3, 0.4) is 0 Å². The molecular weight excluding hydrogens is 198 g/mol. The fourth-order valence-electron chi connectivity index (χ4n) is 1.37. The Bertz CT molecular complexity index is 360. The van der Waals surface area contributed by atoms with Gasteiger partial charge in [0.05, 0.1) is 0 Å². The summed E-state index contributed by atoms with van der Waals surface area (Å²) in [5, 5.41) is 7.79. The maximum absolute atomic E-state index is 12.9. The third kappa shape index (κ3) is 2.52. The van der Waals surface area contributed by atoms with E-state index in [2.05, 4.69) is 0 Å². The van der Waals surface area contributed by atoms with Gasteiger partial charge in [-0.05, 0) is 32.0 Å². The lowest BCUT2D eigenvalue weighted by molar-refractivity contribution is 0.462. The maximum atomic E-state index is 12.9. The molecule has 0 aliphatic carbocycles. The predicted octanol–water partition coefficient (Wildman–Crippen LogP) is 2.63. The van der Waals surface area contributed by atoms with Crippen LogP contribution in [-0.2, 0) is 0 Å². The molecule has 0 bridgehead atoms. The van der Waals surface area contributed by atoms with Gasteiger partial charge in [0, 0.05) is 18.7 Å². The topological polar surface area (TPSA) is 27.1 Å². The van der Waals surface area contributed by atoms with Gasteiger partial charge >= 0.3 is 0 Å². The van der Waals surface area contributed by atoms with Crippen molar-refractivity contribution < 1.29 is 8.78 Å². The first-order chi connectivity index (χ1) is 7.10. The predicted molar refractivity (Wildman–Crippen MR) is 56.1 cm³/mol. The molecule has 2 nitrogen and oxygen atoms in total. The Balaban J connectivity index is 2.96. The molecule has 0 amide bonds. The van der Waals surface area contributed by atoms with Crippen molar-refractivity contribution in [2.75, 3.05) is 13.1 Å². The Morgan fingerprint density at radius 2 is 1.80 bits per heavy atom. The third-order valence-corrected chi connectivity index (χ3v) is 2.27. The lowest BCUT2D eigenvalue weighted by Crippen LogP contribution is -2.30. The Hall–Kier alpha value is -1.45. The zero-order valence-electron chi connectivity index (χ0n) is 8.85. The third-order valence-electron chi connectivity index (χ3n) is 2.27. The van der Waals surface area contributed by atoms with Crippen LogP contribution >= 0.6 is 0 Å². The van der Waals surface area contributed by atoms with Gasteiger partial charge in [0.1, 0.15) is 5.84 Å². The first-order valence-corrected chi connectivity index (χ1v) is 4.89. The molecule has 0 aromatic heterocycles. The van der Waals surface area contributed by atoms with E-state index < -0.39 is 11.6 Å². The molecule has 0 fully saturated rings. The minimum Gasteiger partial charge on any atom is -0.357 e. The van der Waals surface area contributed by atoms with Crippen LogP contribution in [0.2, 0.25) is 0 Å². The quantitative estimate of drug-likeness (QED) is 0.605. The molecule has 0 aliphatic rings. The molecule has 0 aliphatic heterocycles. The van der Waals surface area contributed by atoms with Gasteiger partial charge in [0.25, 0.3) is 0 Å². The first kappa shape index (κ1) is 11.6. The van der Waals surface area contributed by atoms with Gasteiger partial charge in [0.15, 0.2) is 11.6 Å². The molecule has 0 saturated heterocycles. The molecule has 0 atom stereocenters. The van der Waals surface area contributed by atoms with Crippen molar-refractivity contribution in [2.45, 2.75) is 13.8 Å². The van der Waals surface area contributed by atoms with Crippen LogP contribution in [0, 0.1) is 17.0 Å². The summed E-state index contributed by atoms with van der Waals surface area (Å²) >= 11 is 0. The minimum atomic E-state index is -0.913. The largest absolute Gasteiger partial charge is 0.357 e. The molecule has 1 N–H and O–H groups in total. The number of benzene rings is 1. The van der Waals surface area contributed by atoms with Crippen molar-refractivity contribution in [1.29, 1.82) is 5.41 Å². The average Bonchev–Trinajstić information content (AvgIpc) is 2.23. The summed E-state index contributed by atoms with van der Waals surface area (Å²) in [5.41, 5.74) is 0.401. The van der Waals surface area contributed by atoms with Crippen LogP contribution in [0.1, 0.15) is 19.4 Å². The van der Waals surface area contributed by atoms with Crippen LogP contribution < -0.4 is 0 Å². The van der Waals surface area contributed by atoms with Crippen molar-refractivity contribution >= 4 is 5.84 Å². The Morgan fingerprint density at radius 1 is 1.20 bits per heavy atom. The highest BCUT2D eigenvalue weighted by Gasteiger charge is 2.10. The number of rotatable bonds is 3. The average molecular weight is 212 g/mol. The van der Waals surface area contributed by atoms with E-state index in [1.165, 1.54) is 6.07 Å². The zero-order chi connectivity index (χ0) is 11.4. The number of nitrogens with one attached hydrogen (secondary N) is 1. The Kier molecular flexibility index (Phi) is 3.77. The molecule has 4 heteroatoms. The molecule has 1 aromatic rings. The molecule has 0 unspecified atom stereocenters. The van der Waals surface area contributed by atoms with Crippen molar-refractivity contribution in [3.8, 4) is 0 Å². The second kappa shape index (κ2) is 4.87. The highest BCUT2D eigenvalue weighted by atomic mass is 19.2. The summed E-state index contributed by atoms with van der Waals surface area (Å²) in [6.45, 7) is 5.18. The summed E-state index contributed by atoms with van der Waals surface area (Å²) in [7, 11) is 0. The van der Waals surface area contributed by atoms with Crippen molar-refractivity contribution in [3.63, 3.8) is 0 Å². The van der Waals surface area contributed by atoms with Crippen LogP contribution in [0.4, 0.5) is 8.78 Å². The van der Waals surface area contributed by atoms with E-state index in [1.807, 2.05) is 13.8 Å². The number of amidine groups is 1. The van der Waals surface area contributed by atoms with Gasteiger partial charge in [-0.3, -0.25) is 5.41 Å². The molecule has 0 heterocycles. The van der Waals surface area contributed by atoms with Crippen molar-refractivity contribution in [1.82, 2.24) is 4.90 Å². The van der Waals surface area contributed by atoms with E-state index in [9.17, 15) is 8.78 Å². The number of hydrogen-bond acceptors (Lipinski definition) is 1. The van der Waals surface area contributed by atoms with Gasteiger partial charge in [-0.2, -0.15) is 0 Å². The van der Waals surface area contributed by atoms with Crippen molar-refractivity contribution in [3.05, 3.63) is 35.4 Å². The fourth-order valence-corrected chi connectivity index (χ4v) is 1.37. The van der Waals surface area contributed by atoms with Gasteiger partial charge in [-0.1, -0.05) is 0 Å². The summed E-state index contributed by atoms with van der Waals surface area (Å²) in [6.07, 6.45) is 0. The lowest BCUT2D eigenvalue weighted by Gasteiger charge is -2.21. The standard InChI is InChI=1S/C11H14F2N2/c1-3-15(4-2)11(14)8-5-6-9(12)10(13)7-8/h5-7,14H,3-4H2,1-2H3. The number of hydrogen-bond donors (Lipinski definition) is 1. The Labute approximate surface area is 88.0 Å². The van der Waals surface area contributed by atoms with Gasteiger partial charge in [-0.25, -0.2) is 8.78 Å². The van der Waals surface area contributed by atoms with E-state index in [0.717, 1.165) is 12.1 Å². The fraction of sp³-hybridized carbons (Fsp3) is 0.364. The van der Waals surface area contributed by atoms with E-state index in [1.54, 1.807) is 4.90 Å². The van der Waals surface area contributed by atoms with Gasteiger partial charge in [-0.15, -0.1) is 0 Å². The maximum Gasteiger partial charge on any atom is 0.159 e. The van der Waals surface area contributed by atoms with Crippen molar-refractivity contribution in [2.24, 2.45) is 0 Å². The number of halogens is 2. The highest BCUT2D eigenvalue weighted by Crippen LogP contribution is 2.10. The molecule has 1 aromatic carbocycles. The summed E-state index contributed by atoms with van der Waals surface area (Å²) in [4.78, 5) is 1.77. The molecular formula is C11H14F2N2. The van der Waals surface area contributed by atoms with Crippen LogP contribution in [0.5, 0.6) is 0 Å². The number of nitrogens with zero attached hydrogens (tertiary/aromatic N) is 1. The monoisotopic (exact) mass is 212 g/mol. The second-order valence-corrected chi connectivity index (χ2v) is 3.15. The molecule has 82 valence electrons. The molecule has 0 spiro atoms. The van der Waals surface area contributed by atoms with E-state index in [0.29, 0.717) is 18.7 Å². The smallest absolute Gasteiger partial charge is 0.159 e. The van der Waals surface area contributed by atoms with Gasteiger partial charge in [0.2, 0.25) is 0 Å². The summed E-state index contributed by atoms with van der Waals surface area (Å²) in [5.74, 6) is -1.57. The van der Waals surface area contributed by atoms with E-state index in [-0.39, 0.29) is 5.84 Å². The minimum absolute atomic E-state index is 0.221. The first-order valence-electron chi connectivity index (χ1n) is 4.89. The molecule has 0 radical (unpaired) electrons.